The van der Waals surface area contributed by atoms with E-state index in [1.807, 2.05) is 42.5 Å². The summed E-state index contributed by atoms with van der Waals surface area (Å²) in [5, 5.41) is 0. The summed E-state index contributed by atoms with van der Waals surface area (Å²) in [6.07, 6.45) is 4.12. The summed E-state index contributed by atoms with van der Waals surface area (Å²) in [5.41, 5.74) is 0.824. The molecule has 1 aromatic carbocycles. The largest absolute Gasteiger partial charge is 0.606 e. The van der Waals surface area contributed by atoms with E-state index in [1.165, 1.54) is 0 Å². The van der Waals surface area contributed by atoms with Crippen molar-refractivity contribution in [3.8, 4) is 0 Å². The van der Waals surface area contributed by atoms with Gasteiger partial charge in [-0.3, -0.25) is 4.98 Å². The first kappa shape index (κ1) is 11.9. The van der Waals surface area contributed by atoms with E-state index >= 15 is 0 Å². The fourth-order valence-electron chi connectivity index (χ4n) is 1.55. The summed E-state index contributed by atoms with van der Waals surface area (Å²) in [6, 6.07) is 13.1. The number of hydrogen-bond acceptors (Lipinski definition) is 2. The molecule has 0 amide bonds. The highest BCUT2D eigenvalue weighted by Gasteiger charge is 2.18. The standard InChI is InChI=1S/C14H13NOS/c1-2-7-13-14(10-6-11-15-13)17(16)12-8-4-3-5-9-12/h2-6,8-11H,1,7H2. The Labute approximate surface area is 104 Å². The Morgan fingerprint density at radius 2 is 1.94 bits per heavy atom. The molecule has 0 aliphatic rings. The van der Waals surface area contributed by atoms with E-state index in [1.54, 1.807) is 12.3 Å². The van der Waals surface area contributed by atoms with E-state index < -0.39 is 11.2 Å². The molecule has 1 aromatic heterocycles. The van der Waals surface area contributed by atoms with Gasteiger partial charge in [-0.25, -0.2) is 0 Å². The van der Waals surface area contributed by atoms with Gasteiger partial charge in [0.05, 0.1) is 5.69 Å². The van der Waals surface area contributed by atoms with Crippen LogP contribution in [0.1, 0.15) is 5.69 Å². The third kappa shape index (κ3) is 2.75. The van der Waals surface area contributed by atoms with Gasteiger partial charge in [0.1, 0.15) is 0 Å². The molecule has 0 fully saturated rings. The molecule has 1 unspecified atom stereocenters. The second-order valence-corrected chi connectivity index (χ2v) is 4.97. The molecule has 0 N–H and O–H groups in total. The lowest BCUT2D eigenvalue weighted by atomic mass is 10.3. The fraction of sp³-hybridized carbons (Fsp3) is 0.0714. The lowest BCUT2D eigenvalue weighted by Crippen LogP contribution is -2.06. The van der Waals surface area contributed by atoms with Crippen molar-refractivity contribution >= 4 is 11.2 Å². The summed E-state index contributed by atoms with van der Waals surface area (Å²) in [6.45, 7) is 3.69. The van der Waals surface area contributed by atoms with Crippen molar-refractivity contribution < 1.29 is 4.55 Å². The highest BCUT2D eigenvalue weighted by Crippen LogP contribution is 2.22. The number of allylic oxidation sites excluding steroid dienone is 1. The quantitative estimate of drug-likeness (QED) is 0.611. The van der Waals surface area contributed by atoms with Crippen molar-refractivity contribution in [3.63, 3.8) is 0 Å². The molecule has 1 heterocycles. The van der Waals surface area contributed by atoms with Gasteiger partial charge in [-0.1, -0.05) is 24.3 Å². The summed E-state index contributed by atoms with van der Waals surface area (Å²) in [7, 11) is 0. The molecule has 2 nitrogen and oxygen atoms in total. The first-order valence-electron chi connectivity index (χ1n) is 5.34. The molecule has 1 atom stereocenters. The molecule has 0 bridgehead atoms. The SMILES string of the molecule is C=CCc1ncccc1[S+]([O-])c1ccccc1. The van der Waals surface area contributed by atoms with Crippen LogP contribution in [0.15, 0.2) is 71.1 Å². The Morgan fingerprint density at radius 1 is 1.18 bits per heavy atom. The van der Waals surface area contributed by atoms with Gasteiger partial charge >= 0.3 is 0 Å². The average molecular weight is 243 g/mol. The molecular formula is C14H13NOS. The van der Waals surface area contributed by atoms with Gasteiger partial charge in [0, 0.05) is 23.8 Å². The topological polar surface area (TPSA) is 36.0 Å². The molecule has 0 aliphatic heterocycles. The maximum atomic E-state index is 12.4. The Balaban J connectivity index is 2.37. The van der Waals surface area contributed by atoms with Crippen LogP contribution in [-0.4, -0.2) is 9.54 Å². The Bertz CT molecular complexity index is 499. The lowest BCUT2D eigenvalue weighted by molar-refractivity contribution is 0.593. The number of benzene rings is 1. The molecule has 0 spiro atoms. The number of aromatic nitrogens is 1. The summed E-state index contributed by atoms with van der Waals surface area (Å²) in [5.74, 6) is 0. The zero-order valence-corrected chi connectivity index (χ0v) is 10.2. The normalized spacial score (nSPS) is 12.1. The minimum atomic E-state index is -1.17. The molecule has 0 saturated carbocycles. The third-order valence-corrected chi connectivity index (χ3v) is 3.81. The third-order valence-electron chi connectivity index (χ3n) is 2.34. The lowest BCUT2D eigenvalue weighted by Gasteiger charge is -2.11. The van der Waals surface area contributed by atoms with Gasteiger partial charge in [0.25, 0.3) is 0 Å². The highest BCUT2D eigenvalue weighted by molar-refractivity contribution is 7.91. The molecule has 0 aliphatic carbocycles. The predicted molar refractivity (Wildman–Crippen MR) is 69.3 cm³/mol. The first-order valence-corrected chi connectivity index (χ1v) is 6.49. The van der Waals surface area contributed by atoms with E-state index in [4.69, 9.17) is 0 Å². The number of hydrogen-bond donors (Lipinski definition) is 0. The van der Waals surface area contributed by atoms with E-state index in [0.29, 0.717) is 6.42 Å². The predicted octanol–water partition coefficient (Wildman–Crippen LogP) is 2.98. The van der Waals surface area contributed by atoms with E-state index in [0.717, 1.165) is 15.5 Å². The van der Waals surface area contributed by atoms with Crippen molar-refractivity contribution in [1.29, 1.82) is 0 Å². The van der Waals surface area contributed by atoms with Crippen molar-refractivity contribution in [3.05, 3.63) is 67.0 Å². The first-order chi connectivity index (χ1) is 8.33. The second-order valence-electron chi connectivity index (χ2n) is 3.52. The highest BCUT2D eigenvalue weighted by atomic mass is 32.2. The Hall–Kier alpha value is -1.58. The minimum Gasteiger partial charge on any atom is -0.606 e. The van der Waals surface area contributed by atoms with Gasteiger partial charge in [0.15, 0.2) is 9.79 Å². The van der Waals surface area contributed by atoms with Crippen molar-refractivity contribution in [2.45, 2.75) is 16.2 Å². The maximum Gasteiger partial charge on any atom is 0.180 e. The number of pyridine rings is 1. The zero-order valence-electron chi connectivity index (χ0n) is 9.37. The van der Waals surface area contributed by atoms with Crippen molar-refractivity contribution in [2.75, 3.05) is 0 Å². The van der Waals surface area contributed by atoms with Gasteiger partial charge in [-0.05, 0) is 24.3 Å². The molecule has 2 aromatic rings. The molecule has 0 saturated heterocycles. The summed E-state index contributed by atoms with van der Waals surface area (Å²) >= 11 is -1.17. The van der Waals surface area contributed by atoms with Gasteiger partial charge in [0.2, 0.25) is 0 Å². The van der Waals surface area contributed by atoms with E-state index in [-0.39, 0.29) is 0 Å². The van der Waals surface area contributed by atoms with Crippen LogP contribution in [0.2, 0.25) is 0 Å². The van der Waals surface area contributed by atoms with Crippen LogP contribution in [0, 0.1) is 0 Å². The van der Waals surface area contributed by atoms with Crippen molar-refractivity contribution in [2.24, 2.45) is 0 Å². The molecule has 17 heavy (non-hydrogen) atoms. The zero-order chi connectivity index (χ0) is 12.1. The van der Waals surface area contributed by atoms with E-state index in [9.17, 15) is 4.55 Å². The van der Waals surface area contributed by atoms with Crippen LogP contribution in [-0.2, 0) is 17.6 Å². The number of rotatable bonds is 4. The van der Waals surface area contributed by atoms with Gasteiger partial charge < -0.3 is 4.55 Å². The molecule has 3 heteroatoms. The van der Waals surface area contributed by atoms with E-state index in [2.05, 4.69) is 11.6 Å². The molecule has 86 valence electrons. The summed E-state index contributed by atoms with van der Waals surface area (Å²) in [4.78, 5) is 5.81. The summed E-state index contributed by atoms with van der Waals surface area (Å²) < 4.78 is 12.4. The smallest absolute Gasteiger partial charge is 0.180 e. The second kappa shape index (κ2) is 5.66. The van der Waals surface area contributed by atoms with Crippen LogP contribution < -0.4 is 0 Å². The maximum absolute atomic E-state index is 12.4. The minimum absolute atomic E-state index is 0.634. The number of nitrogens with zero attached hydrogens (tertiary/aromatic N) is 1. The van der Waals surface area contributed by atoms with Crippen LogP contribution in [0.25, 0.3) is 0 Å². The molecular weight excluding hydrogens is 230 g/mol. The average Bonchev–Trinajstić information content (AvgIpc) is 2.40. The van der Waals surface area contributed by atoms with Gasteiger partial charge in [-0.15, -0.1) is 6.58 Å². The molecule has 0 radical (unpaired) electrons. The van der Waals surface area contributed by atoms with Gasteiger partial charge in [-0.2, -0.15) is 0 Å². The monoisotopic (exact) mass is 243 g/mol. The van der Waals surface area contributed by atoms with Crippen LogP contribution in [0.3, 0.4) is 0 Å². The van der Waals surface area contributed by atoms with Crippen LogP contribution in [0.4, 0.5) is 0 Å². The van der Waals surface area contributed by atoms with Crippen LogP contribution in [0.5, 0.6) is 0 Å². The van der Waals surface area contributed by atoms with Crippen LogP contribution >= 0.6 is 0 Å². The molecule has 2 rings (SSSR count). The Morgan fingerprint density at radius 3 is 2.65 bits per heavy atom. The Kier molecular flexibility index (Phi) is 3.96. The fourth-order valence-corrected chi connectivity index (χ4v) is 2.76. The van der Waals surface area contributed by atoms with Crippen molar-refractivity contribution in [1.82, 2.24) is 4.98 Å².